The van der Waals surface area contributed by atoms with Gasteiger partial charge in [-0.3, -0.25) is 4.68 Å². The van der Waals surface area contributed by atoms with Crippen LogP contribution in [0.2, 0.25) is 0 Å². The van der Waals surface area contributed by atoms with Gasteiger partial charge in [-0.25, -0.2) is 0 Å². The number of anilines is 1. The second-order valence-corrected chi connectivity index (χ2v) is 6.22. The minimum Gasteiger partial charge on any atom is -0.370 e. The lowest BCUT2D eigenvalue weighted by molar-refractivity contribution is 0.596. The van der Waals surface area contributed by atoms with Gasteiger partial charge in [-0.15, -0.1) is 0 Å². The minimum atomic E-state index is 0.349. The molecule has 114 valence electrons. The molecular weight excluding hydrogens is 328 g/mol. The SMILES string of the molecule is CCNC(C)c1ccc(N(C)Cc2cnn(C)c2)cc1Br. The van der Waals surface area contributed by atoms with Crippen LogP contribution in [0.5, 0.6) is 0 Å². The first-order valence-corrected chi connectivity index (χ1v) is 8.02. The molecule has 0 aliphatic rings. The Labute approximate surface area is 135 Å². The number of benzene rings is 1. The fraction of sp³-hybridized carbons (Fsp3) is 0.438. The highest BCUT2D eigenvalue weighted by Crippen LogP contribution is 2.28. The van der Waals surface area contributed by atoms with Crippen molar-refractivity contribution < 1.29 is 0 Å². The molecule has 0 aliphatic carbocycles. The average Bonchev–Trinajstić information content (AvgIpc) is 2.84. The zero-order valence-electron chi connectivity index (χ0n) is 13.1. The van der Waals surface area contributed by atoms with Gasteiger partial charge in [0.25, 0.3) is 0 Å². The summed E-state index contributed by atoms with van der Waals surface area (Å²) < 4.78 is 2.98. The summed E-state index contributed by atoms with van der Waals surface area (Å²) in [7, 11) is 4.04. The summed E-state index contributed by atoms with van der Waals surface area (Å²) in [6.07, 6.45) is 3.96. The molecule has 1 atom stereocenters. The molecule has 0 saturated heterocycles. The molecule has 5 heteroatoms. The molecule has 1 aromatic heterocycles. The van der Waals surface area contributed by atoms with Crippen LogP contribution in [-0.4, -0.2) is 23.4 Å². The molecule has 0 radical (unpaired) electrons. The van der Waals surface area contributed by atoms with E-state index in [1.165, 1.54) is 16.8 Å². The van der Waals surface area contributed by atoms with Crippen LogP contribution in [0.4, 0.5) is 5.69 Å². The number of aromatic nitrogens is 2. The van der Waals surface area contributed by atoms with Gasteiger partial charge in [0.2, 0.25) is 0 Å². The van der Waals surface area contributed by atoms with Gasteiger partial charge in [0, 0.05) is 48.6 Å². The summed E-state index contributed by atoms with van der Waals surface area (Å²) in [5.74, 6) is 0. The molecule has 0 aliphatic heterocycles. The highest BCUT2D eigenvalue weighted by Gasteiger charge is 2.11. The normalized spacial score (nSPS) is 12.4. The molecule has 2 aromatic rings. The van der Waals surface area contributed by atoms with E-state index in [0.717, 1.165) is 17.6 Å². The van der Waals surface area contributed by atoms with Gasteiger partial charge in [0.15, 0.2) is 0 Å². The van der Waals surface area contributed by atoms with Crippen LogP contribution < -0.4 is 10.2 Å². The van der Waals surface area contributed by atoms with Gasteiger partial charge < -0.3 is 10.2 Å². The van der Waals surface area contributed by atoms with Gasteiger partial charge in [-0.1, -0.05) is 28.9 Å². The van der Waals surface area contributed by atoms with E-state index in [9.17, 15) is 0 Å². The van der Waals surface area contributed by atoms with Crippen molar-refractivity contribution >= 4 is 21.6 Å². The lowest BCUT2D eigenvalue weighted by Gasteiger charge is -2.21. The topological polar surface area (TPSA) is 33.1 Å². The first-order valence-electron chi connectivity index (χ1n) is 7.22. The Morgan fingerprint density at radius 1 is 1.43 bits per heavy atom. The molecule has 0 amide bonds. The molecule has 21 heavy (non-hydrogen) atoms. The van der Waals surface area contributed by atoms with Gasteiger partial charge in [-0.2, -0.15) is 5.10 Å². The molecule has 4 nitrogen and oxygen atoms in total. The zero-order valence-corrected chi connectivity index (χ0v) is 14.7. The molecule has 1 aromatic carbocycles. The second-order valence-electron chi connectivity index (χ2n) is 5.36. The summed E-state index contributed by atoms with van der Waals surface area (Å²) in [5.41, 5.74) is 3.69. The van der Waals surface area contributed by atoms with Crippen LogP contribution in [0.25, 0.3) is 0 Å². The third-order valence-electron chi connectivity index (χ3n) is 3.58. The molecule has 1 N–H and O–H groups in total. The number of nitrogens with zero attached hydrogens (tertiary/aromatic N) is 3. The van der Waals surface area contributed by atoms with E-state index in [4.69, 9.17) is 0 Å². The van der Waals surface area contributed by atoms with Crippen molar-refractivity contribution in [1.82, 2.24) is 15.1 Å². The number of rotatable bonds is 6. The van der Waals surface area contributed by atoms with Crippen molar-refractivity contribution in [2.75, 3.05) is 18.5 Å². The lowest BCUT2D eigenvalue weighted by Crippen LogP contribution is -2.19. The van der Waals surface area contributed by atoms with E-state index in [0.29, 0.717) is 6.04 Å². The molecule has 0 spiro atoms. The van der Waals surface area contributed by atoms with Crippen molar-refractivity contribution in [3.05, 3.63) is 46.2 Å². The van der Waals surface area contributed by atoms with Crippen molar-refractivity contribution in [1.29, 1.82) is 0 Å². The zero-order chi connectivity index (χ0) is 15.4. The van der Waals surface area contributed by atoms with Crippen molar-refractivity contribution in [2.45, 2.75) is 26.4 Å². The fourth-order valence-electron chi connectivity index (χ4n) is 2.44. The molecule has 1 unspecified atom stereocenters. The Balaban J connectivity index is 2.11. The minimum absolute atomic E-state index is 0.349. The number of hydrogen-bond donors (Lipinski definition) is 1. The smallest absolute Gasteiger partial charge is 0.0539 e. The van der Waals surface area contributed by atoms with E-state index in [1.54, 1.807) is 0 Å². The van der Waals surface area contributed by atoms with Gasteiger partial charge in [0.05, 0.1) is 6.20 Å². The van der Waals surface area contributed by atoms with E-state index >= 15 is 0 Å². The third-order valence-corrected chi connectivity index (χ3v) is 4.27. The standard InChI is InChI=1S/C16H23BrN4/c1-5-18-12(2)15-7-6-14(8-16(15)17)20(3)10-13-9-19-21(4)11-13/h6-9,11-12,18H,5,10H2,1-4H3. The van der Waals surface area contributed by atoms with E-state index in [-0.39, 0.29) is 0 Å². The fourth-order valence-corrected chi connectivity index (χ4v) is 3.15. The summed E-state index contributed by atoms with van der Waals surface area (Å²) in [6.45, 7) is 6.13. The Morgan fingerprint density at radius 2 is 2.19 bits per heavy atom. The van der Waals surface area contributed by atoms with Crippen LogP contribution in [0, 0.1) is 0 Å². The molecule has 0 saturated carbocycles. The third kappa shape index (κ3) is 4.08. The Bertz CT molecular complexity index is 594. The maximum atomic E-state index is 4.21. The van der Waals surface area contributed by atoms with E-state index in [1.807, 2.05) is 24.1 Å². The van der Waals surface area contributed by atoms with Crippen LogP contribution in [0.3, 0.4) is 0 Å². The first kappa shape index (κ1) is 16.0. The monoisotopic (exact) mass is 350 g/mol. The Kier molecular flexibility index (Phi) is 5.42. The average molecular weight is 351 g/mol. The summed E-state index contributed by atoms with van der Waals surface area (Å²) in [4.78, 5) is 2.23. The van der Waals surface area contributed by atoms with Crippen molar-refractivity contribution in [3.63, 3.8) is 0 Å². The summed E-state index contributed by atoms with van der Waals surface area (Å²) in [6, 6.07) is 6.89. The molecule has 0 bridgehead atoms. The van der Waals surface area contributed by atoms with Crippen molar-refractivity contribution in [3.8, 4) is 0 Å². The highest BCUT2D eigenvalue weighted by molar-refractivity contribution is 9.10. The second kappa shape index (κ2) is 7.09. The molecule has 0 fully saturated rings. The van der Waals surface area contributed by atoms with Gasteiger partial charge in [0.1, 0.15) is 0 Å². The van der Waals surface area contributed by atoms with Crippen LogP contribution in [0.15, 0.2) is 35.1 Å². The highest BCUT2D eigenvalue weighted by atomic mass is 79.9. The quantitative estimate of drug-likeness (QED) is 0.865. The van der Waals surface area contributed by atoms with Crippen LogP contribution in [0.1, 0.15) is 31.0 Å². The largest absolute Gasteiger partial charge is 0.370 e. The maximum Gasteiger partial charge on any atom is 0.0539 e. The van der Waals surface area contributed by atoms with Crippen LogP contribution in [-0.2, 0) is 13.6 Å². The number of halogens is 1. The van der Waals surface area contributed by atoms with Crippen LogP contribution >= 0.6 is 15.9 Å². The molecular formula is C16H23BrN4. The number of hydrogen-bond acceptors (Lipinski definition) is 3. The number of nitrogens with one attached hydrogen (secondary N) is 1. The molecule has 2 rings (SSSR count). The summed E-state index contributed by atoms with van der Waals surface area (Å²) >= 11 is 3.69. The van der Waals surface area contributed by atoms with E-state index < -0.39 is 0 Å². The maximum absolute atomic E-state index is 4.21. The van der Waals surface area contributed by atoms with E-state index in [2.05, 4.69) is 70.3 Å². The first-order chi connectivity index (χ1) is 10.0. The lowest BCUT2D eigenvalue weighted by atomic mass is 10.1. The predicted molar refractivity (Wildman–Crippen MR) is 91.5 cm³/mol. The van der Waals surface area contributed by atoms with Gasteiger partial charge in [-0.05, 0) is 31.2 Å². The Morgan fingerprint density at radius 3 is 2.76 bits per heavy atom. The van der Waals surface area contributed by atoms with Crippen molar-refractivity contribution in [2.24, 2.45) is 7.05 Å². The molecule has 1 heterocycles. The Hall–Kier alpha value is -1.33. The number of aryl methyl sites for hydroxylation is 1. The van der Waals surface area contributed by atoms with Gasteiger partial charge >= 0.3 is 0 Å². The predicted octanol–water partition coefficient (Wildman–Crippen LogP) is 3.49. The summed E-state index contributed by atoms with van der Waals surface area (Å²) in [5, 5.41) is 7.65.